The van der Waals surface area contributed by atoms with Crippen molar-refractivity contribution in [2.45, 2.75) is 26.3 Å². The van der Waals surface area contributed by atoms with Crippen LogP contribution in [0.3, 0.4) is 0 Å². The molecule has 0 bridgehead atoms. The number of rotatable bonds is 6. The van der Waals surface area contributed by atoms with Gasteiger partial charge >= 0.3 is 11.9 Å². The summed E-state index contributed by atoms with van der Waals surface area (Å²) in [6, 6.07) is 6.07. The van der Waals surface area contributed by atoms with Crippen molar-refractivity contribution in [1.82, 2.24) is 0 Å². The molecule has 5 nitrogen and oxygen atoms in total. The van der Waals surface area contributed by atoms with Crippen molar-refractivity contribution in [3.63, 3.8) is 0 Å². The summed E-state index contributed by atoms with van der Waals surface area (Å²) in [4.78, 5) is 23.0. The number of benzene rings is 1. The van der Waals surface area contributed by atoms with E-state index in [2.05, 4.69) is 0 Å². The molecule has 0 aliphatic carbocycles. The van der Waals surface area contributed by atoms with E-state index >= 15 is 0 Å². The highest BCUT2D eigenvalue weighted by atomic mass is 127. The monoisotopic (exact) mass is 391 g/mol. The van der Waals surface area contributed by atoms with Crippen molar-refractivity contribution in [2.24, 2.45) is 11.7 Å². The first-order valence-corrected chi connectivity index (χ1v) is 7.74. The number of carbonyl (C=O) groups excluding carboxylic acids is 2. The predicted molar refractivity (Wildman–Crippen MR) is 83.6 cm³/mol. The van der Waals surface area contributed by atoms with Gasteiger partial charge in [-0.15, -0.1) is 0 Å². The summed E-state index contributed by atoms with van der Waals surface area (Å²) in [5, 5.41) is 0. The zero-order chi connectivity index (χ0) is 15.1. The molecule has 0 saturated heterocycles. The van der Waals surface area contributed by atoms with E-state index in [0.29, 0.717) is 10.4 Å². The van der Waals surface area contributed by atoms with Crippen LogP contribution >= 0.6 is 22.6 Å². The first-order chi connectivity index (χ1) is 9.43. The highest BCUT2D eigenvalue weighted by Gasteiger charge is 2.19. The number of alkyl halides is 1. The maximum absolute atomic E-state index is 11.7. The molecule has 20 heavy (non-hydrogen) atoms. The summed E-state index contributed by atoms with van der Waals surface area (Å²) in [7, 11) is 0. The molecule has 0 aromatic heterocycles. The van der Waals surface area contributed by atoms with Crippen LogP contribution in [0.4, 0.5) is 0 Å². The van der Waals surface area contributed by atoms with E-state index in [0.717, 1.165) is 5.56 Å². The van der Waals surface area contributed by atoms with Gasteiger partial charge in [0.15, 0.2) is 0 Å². The Hall–Kier alpha value is -1.15. The van der Waals surface area contributed by atoms with E-state index < -0.39 is 12.0 Å². The van der Waals surface area contributed by atoms with Crippen LogP contribution in [0.15, 0.2) is 24.3 Å². The van der Waals surface area contributed by atoms with Gasteiger partial charge < -0.3 is 15.2 Å². The van der Waals surface area contributed by atoms with Crippen molar-refractivity contribution < 1.29 is 19.1 Å². The highest BCUT2D eigenvalue weighted by molar-refractivity contribution is 14.1. The SMILES string of the molecule is CC(C)C(N)C(=O)Oc1ccc(CC(=O)OCI)cc1. The minimum absolute atomic E-state index is 0.0184. The molecule has 1 rings (SSSR count). The fourth-order valence-electron chi connectivity index (χ4n) is 1.41. The average Bonchev–Trinajstić information content (AvgIpc) is 2.40. The summed E-state index contributed by atoms with van der Waals surface area (Å²) in [5.41, 5.74) is 6.50. The highest BCUT2D eigenvalue weighted by Crippen LogP contribution is 2.14. The topological polar surface area (TPSA) is 78.6 Å². The zero-order valence-electron chi connectivity index (χ0n) is 11.5. The Morgan fingerprint density at radius 2 is 1.85 bits per heavy atom. The largest absolute Gasteiger partial charge is 0.455 e. The second kappa shape index (κ2) is 8.21. The van der Waals surface area contributed by atoms with Crippen molar-refractivity contribution >= 4 is 34.5 Å². The van der Waals surface area contributed by atoms with Crippen molar-refractivity contribution in [1.29, 1.82) is 0 Å². The summed E-state index contributed by atoms with van der Waals surface area (Å²) < 4.78 is 10.3. The van der Waals surface area contributed by atoms with Gasteiger partial charge in [-0.3, -0.25) is 4.79 Å². The molecule has 0 aliphatic rings. The first kappa shape index (κ1) is 16.9. The van der Waals surface area contributed by atoms with Crippen molar-refractivity contribution in [2.75, 3.05) is 4.61 Å². The minimum atomic E-state index is -0.645. The lowest BCUT2D eigenvalue weighted by Gasteiger charge is -2.14. The summed E-state index contributed by atoms with van der Waals surface area (Å²) in [5.74, 6) is -0.315. The number of carbonyl (C=O) groups is 2. The number of esters is 2. The van der Waals surface area contributed by atoms with Crippen LogP contribution in [-0.4, -0.2) is 22.6 Å². The average molecular weight is 391 g/mol. The Morgan fingerprint density at radius 1 is 1.25 bits per heavy atom. The van der Waals surface area contributed by atoms with Crippen molar-refractivity contribution in [3.05, 3.63) is 29.8 Å². The lowest BCUT2D eigenvalue weighted by Crippen LogP contribution is -2.38. The van der Waals surface area contributed by atoms with Crippen LogP contribution in [0.1, 0.15) is 19.4 Å². The van der Waals surface area contributed by atoms with Gasteiger partial charge in [0.2, 0.25) is 0 Å². The third-order valence-corrected chi connectivity index (χ3v) is 3.01. The standard InChI is InChI=1S/C14H18INO4/c1-9(2)13(16)14(18)20-11-5-3-10(4-6-11)7-12(17)19-8-15/h3-6,9,13H,7-8,16H2,1-2H3. The Labute approximate surface area is 132 Å². The Balaban J connectivity index is 2.58. The summed E-state index contributed by atoms with van der Waals surface area (Å²) in [6.07, 6.45) is 0.197. The fraction of sp³-hybridized carbons (Fsp3) is 0.429. The molecular weight excluding hydrogens is 373 g/mol. The van der Waals surface area contributed by atoms with Gasteiger partial charge in [0.1, 0.15) is 16.4 Å². The molecule has 1 aromatic carbocycles. The van der Waals surface area contributed by atoms with E-state index in [4.69, 9.17) is 15.2 Å². The van der Waals surface area contributed by atoms with Crippen LogP contribution < -0.4 is 10.5 Å². The normalized spacial score (nSPS) is 12.1. The van der Waals surface area contributed by atoms with E-state index in [1.54, 1.807) is 24.3 Å². The Morgan fingerprint density at radius 3 is 2.35 bits per heavy atom. The molecular formula is C14H18INO4. The number of hydrogen-bond acceptors (Lipinski definition) is 5. The third-order valence-electron chi connectivity index (χ3n) is 2.70. The molecule has 0 amide bonds. The molecule has 0 fully saturated rings. The van der Waals surface area contributed by atoms with Crippen LogP contribution in [0.25, 0.3) is 0 Å². The maximum atomic E-state index is 11.7. The molecule has 0 aliphatic heterocycles. The summed E-state index contributed by atoms with van der Waals surface area (Å²) in [6.45, 7) is 3.71. The number of ether oxygens (including phenoxy) is 2. The van der Waals surface area contributed by atoms with E-state index in [-0.39, 0.29) is 18.3 Å². The molecule has 0 saturated carbocycles. The first-order valence-electron chi connectivity index (χ1n) is 6.22. The Bertz CT molecular complexity index is 459. The third kappa shape index (κ3) is 5.46. The lowest BCUT2D eigenvalue weighted by atomic mass is 10.1. The summed E-state index contributed by atoms with van der Waals surface area (Å²) >= 11 is 1.96. The van der Waals surface area contributed by atoms with E-state index in [1.165, 1.54) is 0 Å². The van der Waals surface area contributed by atoms with Gasteiger partial charge in [0, 0.05) is 0 Å². The number of halogens is 1. The maximum Gasteiger partial charge on any atom is 0.328 e. The fourth-order valence-corrected chi connectivity index (χ4v) is 1.76. The van der Waals surface area contributed by atoms with Gasteiger partial charge in [-0.25, -0.2) is 4.79 Å². The van der Waals surface area contributed by atoms with Gasteiger partial charge in [0.05, 0.1) is 6.42 Å². The van der Waals surface area contributed by atoms with E-state index in [9.17, 15) is 9.59 Å². The van der Waals surface area contributed by atoms with Crippen LogP contribution in [-0.2, 0) is 20.7 Å². The van der Waals surface area contributed by atoms with Crippen molar-refractivity contribution in [3.8, 4) is 5.75 Å². The molecule has 6 heteroatoms. The zero-order valence-corrected chi connectivity index (χ0v) is 13.6. The smallest absolute Gasteiger partial charge is 0.328 e. The van der Waals surface area contributed by atoms with Crippen LogP contribution in [0, 0.1) is 5.92 Å². The quantitative estimate of drug-likeness (QED) is 0.348. The molecule has 110 valence electrons. The Kier molecular flexibility index (Phi) is 6.94. The van der Waals surface area contributed by atoms with Gasteiger partial charge in [0.25, 0.3) is 0 Å². The van der Waals surface area contributed by atoms with Gasteiger partial charge in [-0.1, -0.05) is 26.0 Å². The molecule has 1 atom stereocenters. The molecule has 0 heterocycles. The molecule has 1 unspecified atom stereocenters. The predicted octanol–water partition coefficient (Wildman–Crippen LogP) is 2.05. The molecule has 2 N–H and O–H groups in total. The molecule has 0 radical (unpaired) electrons. The molecule has 0 spiro atoms. The molecule has 1 aromatic rings. The minimum Gasteiger partial charge on any atom is -0.455 e. The second-order valence-electron chi connectivity index (χ2n) is 4.64. The second-order valence-corrected chi connectivity index (χ2v) is 5.26. The van der Waals surface area contributed by atoms with Crippen LogP contribution in [0.2, 0.25) is 0 Å². The van der Waals surface area contributed by atoms with E-state index in [1.807, 2.05) is 36.4 Å². The number of hydrogen-bond donors (Lipinski definition) is 1. The van der Waals surface area contributed by atoms with Gasteiger partial charge in [-0.05, 0) is 46.2 Å². The lowest BCUT2D eigenvalue weighted by molar-refractivity contribution is -0.140. The van der Waals surface area contributed by atoms with Crippen LogP contribution in [0.5, 0.6) is 5.75 Å². The van der Waals surface area contributed by atoms with Gasteiger partial charge in [-0.2, -0.15) is 0 Å². The number of nitrogens with two attached hydrogens (primary N) is 1.